The molecule has 1 aliphatic heterocycles. The summed E-state index contributed by atoms with van der Waals surface area (Å²) in [5, 5.41) is 10.8. The SMILES string of the molecule is CC(C)C[C@@H]1CN(C(=O)C(N)Cc2ccc3ccccc3c2)[C@@H](CCCNc2nccs2)CN1C(=O)[C@H](N)Cc1ccc2ccccc2c1. The van der Waals surface area contributed by atoms with Crippen molar-refractivity contribution >= 4 is 49.8 Å². The van der Waals surface area contributed by atoms with Crippen molar-refractivity contribution < 1.29 is 9.59 Å². The minimum atomic E-state index is -0.686. The number of aromatic nitrogens is 1. The average molecular weight is 677 g/mol. The Labute approximate surface area is 293 Å². The second-order valence-corrected chi connectivity index (χ2v) is 14.7. The fraction of sp³-hybridized carbons (Fsp3) is 0.375. The molecule has 5 N–H and O–H groups in total. The van der Waals surface area contributed by atoms with Crippen LogP contribution in [0.5, 0.6) is 0 Å². The zero-order valence-electron chi connectivity index (χ0n) is 28.5. The number of nitrogens with two attached hydrogens (primary N) is 2. The summed E-state index contributed by atoms with van der Waals surface area (Å²) in [6.45, 7) is 5.92. The maximum atomic E-state index is 14.2. The van der Waals surface area contributed by atoms with Crippen LogP contribution >= 0.6 is 11.3 Å². The number of carbonyl (C=O) groups is 2. The molecule has 0 aliphatic carbocycles. The van der Waals surface area contributed by atoms with E-state index in [0.717, 1.165) is 63.6 Å². The van der Waals surface area contributed by atoms with Gasteiger partial charge in [0.05, 0.1) is 12.1 Å². The van der Waals surface area contributed by atoms with Gasteiger partial charge in [0.15, 0.2) is 5.13 Å². The van der Waals surface area contributed by atoms with Gasteiger partial charge in [-0.05, 0) is 70.7 Å². The molecule has 1 aliphatic rings. The zero-order valence-corrected chi connectivity index (χ0v) is 29.3. The summed E-state index contributed by atoms with van der Waals surface area (Å²) in [6.07, 6.45) is 5.00. The van der Waals surface area contributed by atoms with Gasteiger partial charge in [-0.3, -0.25) is 9.59 Å². The van der Waals surface area contributed by atoms with Crippen molar-refractivity contribution in [2.75, 3.05) is 25.0 Å². The molecule has 4 atom stereocenters. The van der Waals surface area contributed by atoms with Crippen molar-refractivity contribution in [1.82, 2.24) is 14.8 Å². The maximum absolute atomic E-state index is 14.2. The first-order valence-corrected chi connectivity index (χ1v) is 18.3. The fourth-order valence-corrected chi connectivity index (χ4v) is 7.72. The van der Waals surface area contributed by atoms with E-state index in [4.69, 9.17) is 11.5 Å². The van der Waals surface area contributed by atoms with Gasteiger partial charge in [-0.25, -0.2) is 4.98 Å². The predicted octanol–water partition coefficient (Wildman–Crippen LogP) is 6.24. The Morgan fingerprint density at radius 3 is 1.86 bits per heavy atom. The van der Waals surface area contributed by atoms with Gasteiger partial charge in [-0.2, -0.15) is 0 Å². The predicted molar refractivity (Wildman–Crippen MR) is 202 cm³/mol. The molecule has 1 aromatic heterocycles. The summed E-state index contributed by atoms with van der Waals surface area (Å²) in [7, 11) is 0. The third-order valence-electron chi connectivity index (χ3n) is 9.60. The molecule has 1 saturated heterocycles. The number of rotatable bonds is 13. The molecular weight excluding hydrogens is 629 g/mol. The number of thiazole rings is 1. The minimum Gasteiger partial charge on any atom is -0.362 e. The summed E-state index contributed by atoms with van der Waals surface area (Å²) in [6, 6.07) is 27.3. The molecule has 0 saturated carbocycles. The summed E-state index contributed by atoms with van der Waals surface area (Å²) >= 11 is 1.56. The molecule has 1 unspecified atom stereocenters. The van der Waals surface area contributed by atoms with Crippen LogP contribution in [0.1, 0.15) is 44.2 Å². The fourth-order valence-electron chi connectivity index (χ4n) is 7.17. The number of nitrogens with zero attached hydrogens (tertiary/aromatic N) is 3. The largest absolute Gasteiger partial charge is 0.362 e. The number of fused-ring (bicyclic) bond motifs is 2. The van der Waals surface area contributed by atoms with Crippen molar-refractivity contribution in [3.8, 4) is 0 Å². The lowest BCUT2D eigenvalue weighted by molar-refractivity contribution is -0.149. The van der Waals surface area contributed by atoms with E-state index in [1.54, 1.807) is 17.5 Å². The van der Waals surface area contributed by atoms with E-state index in [1.165, 1.54) is 0 Å². The Balaban J connectivity index is 1.20. The van der Waals surface area contributed by atoms with Crippen molar-refractivity contribution in [3.05, 3.63) is 108 Å². The highest BCUT2D eigenvalue weighted by Gasteiger charge is 2.40. The Morgan fingerprint density at radius 2 is 1.33 bits per heavy atom. The van der Waals surface area contributed by atoms with Gasteiger partial charge in [-0.1, -0.05) is 98.8 Å². The minimum absolute atomic E-state index is 0.0581. The van der Waals surface area contributed by atoms with E-state index in [-0.39, 0.29) is 23.9 Å². The number of nitrogens with one attached hydrogen (secondary N) is 1. The molecule has 0 spiro atoms. The van der Waals surface area contributed by atoms with Crippen LogP contribution in [-0.4, -0.2) is 70.4 Å². The van der Waals surface area contributed by atoms with Crippen LogP contribution in [0.4, 0.5) is 5.13 Å². The van der Waals surface area contributed by atoms with Gasteiger partial charge in [0.2, 0.25) is 11.8 Å². The van der Waals surface area contributed by atoms with Crippen LogP contribution in [0, 0.1) is 5.92 Å². The van der Waals surface area contributed by atoms with Crippen LogP contribution < -0.4 is 16.8 Å². The number of hydrogen-bond acceptors (Lipinski definition) is 7. The van der Waals surface area contributed by atoms with E-state index < -0.39 is 12.1 Å². The normalized spacial score (nSPS) is 17.8. The van der Waals surface area contributed by atoms with E-state index in [9.17, 15) is 9.59 Å². The zero-order chi connectivity index (χ0) is 34.3. The van der Waals surface area contributed by atoms with E-state index in [0.29, 0.717) is 31.8 Å². The van der Waals surface area contributed by atoms with Gasteiger partial charge in [0, 0.05) is 43.3 Å². The van der Waals surface area contributed by atoms with Gasteiger partial charge in [0.25, 0.3) is 0 Å². The van der Waals surface area contributed by atoms with Crippen LogP contribution in [0.15, 0.2) is 96.5 Å². The summed E-state index contributed by atoms with van der Waals surface area (Å²) < 4.78 is 0. The Morgan fingerprint density at radius 1 is 0.796 bits per heavy atom. The Hall–Kier alpha value is -4.31. The van der Waals surface area contributed by atoms with E-state index in [2.05, 4.69) is 84.8 Å². The average Bonchev–Trinajstić information content (AvgIpc) is 3.63. The van der Waals surface area contributed by atoms with Crippen molar-refractivity contribution in [2.45, 2.75) is 70.1 Å². The highest BCUT2D eigenvalue weighted by Crippen LogP contribution is 2.27. The maximum Gasteiger partial charge on any atom is 0.240 e. The van der Waals surface area contributed by atoms with Crippen molar-refractivity contribution in [3.63, 3.8) is 0 Å². The molecule has 4 aromatic carbocycles. The number of hydrogen-bond donors (Lipinski definition) is 3. The van der Waals surface area contributed by atoms with Crippen LogP contribution in [-0.2, 0) is 22.4 Å². The highest BCUT2D eigenvalue weighted by atomic mass is 32.1. The topological polar surface area (TPSA) is 118 Å². The van der Waals surface area contributed by atoms with E-state index >= 15 is 0 Å². The first-order chi connectivity index (χ1) is 23.7. The van der Waals surface area contributed by atoms with E-state index in [1.807, 2.05) is 39.4 Å². The van der Waals surface area contributed by atoms with Gasteiger partial charge >= 0.3 is 0 Å². The molecule has 9 heteroatoms. The van der Waals surface area contributed by atoms with Gasteiger partial charge in [-0.15, -0.1) is 11.3 Å². The smallest absolute Gasteiger partial charge is 0.240 e. The van der Waals surface area contributed by atoms with Crippen molar-refractivity contribution in [2.24, 2.45) is 17.4 Å². The van der Waals surface area contributed by atoms with Crippen LogP contribution in [0.2, 0.25) is 0 Å². The highest BCUT2D eigenvalue weighted by molar-refractivity contribution is 7.13. The third kappa shape index (κ3) is 8.65. The number of anilines is 1. The van der Waals surface area contributed by atoms with Gasteiger partial charge < -0.3 is 26.6 Å². The first-order valence-electron chi connectivity index (χ1n) is 17.5. The molecule has 8 nitrogen and oxygen atoms in total. The Bertz CT molecular complexity index is 1860. The standard InChI is InChI=1S/C40H48N6O2S/c1-27(2)20-35-26-45(38(47)36(41)23-28-13-15-30-8-3-5-10-32(30)21-28)34(12-7-17-43-40-44-18-19-49-40)25-46(35)39(48)37(42)24-29-14-16-31-9-4-6-11-33(31)22-29/h3-6,8-11,13-16,18-19,21-22,27,34-37H,7,12,17,20,23-26,41-42H2,1-2H3,(H,43,44)/t34-,35+,36?,37+/m0/s1. The number of piperazine rings is 1. The molecule has 2 heterocycles. The molecule has 49 heavy (non-hydrogen) atoms. The molecule has 0 bridgehead atoms. The number of benzene rings is 4. The molecular formula is C40H48N6O2S. The lowest BCUT2D eigenvalue weighted by Crippen LogP contribution is -2.65. The number of amides is 2. The summed E-state index contributed by atoms with van der Waals surface area (Å²) in [5.41, 5.74) is 15.5. The molecule has 2 amide bonds. The van der Waals surface area contributed by atoms with Gasteiger partial charge in [0.1, 0.15) is 0 Å². The summed E-state index contributed by atoms with van der Waals surface area (Å²) in [5.74, 6) is 0.212. The molecule has 6 rings (SSSR count). The lowest BCUT2D eigenvalue weighted by atomic mass is 9.93. The molecule has 5 aromatic rings. The molecule has 1 fully saturated rings. The monoisotopic (exact) mass is 676 g/mol. The van der Waals surface area contributed by atoms with Crippen LogP contribution in [0.3, 0.4) is 0 Å². The first kappa shape index (κ1) is 34.5. The summed E-state index contributed by atoms with van der Waals surface area (Å²) in [4.78, 5) is 36.7. The second kappa shape index (κ2) is 15.9. The van der Waals surface area contributed by atoms with Crippen molar-refractivity contribution in [1.29, 1.82) is 0 Å². The van der Waals surface area contributed by atoms with Crippen LogP contribution in [0.25, 0.3) is 21.5 Å². The lowest BCUT2D eigenvalue weighted by Gasteiger charge is -2.48. The second-order valence-electron chi connectivity index (χ2n) is 13.8. The molecule has 0 radical (unpaired) electrons. The third-order valence-corrected chi connectivity index (χ3v) is 10.3. The Kier molecular flexibility index (Phi) is 11.2. The quantitative estimate of drug-likeness (QED) is 0.127. The number of carbonyl (C=O) groups excluding carboxylic acids is 2. The molecule has 256 valence electrons.